The Morgan fingerprint density at radius 2 is 1.18 bits per heavy atom. The van der Waals surface area contributed by atoms with Gasteiger partial charge in [0.05, 0.1) is 0 Å². The highest BCUT2D eigenvalue weighted by Crippen LogP contribution is 2.10. The lowest BCUT2D eigenvalue weighted by molar-refractivity contribution is -0.0642. The van der Waals surface area contributed by atoms with E-state index < -0.39 is 6.41 Å². The lowest BCUT2D eigenvalue weighted by Gasteiger charge is -2.13. The topological polar surface area (TPSA) is 30.5 Å². The third-order valence-corrected chi connectivity index (χ3v) is 3.38. The molecule has 0 aliphatic heterocycles. The van der Waals surface area contributed by atoms with Crippen molar-refractivity contribution >= 4 is 0 Å². The highest BCUT2D eigenvalue weighted by Gasteiger charge is 2.06. The molecule has 0 saturated heterocycles. The number of unbranched alkanes of at least 4 members (excludes halogenated alkanes) is 9. The first-order valence-electron chi connectivity index (χ1n) is 8.73. The predicted octanol–water partition coefficient (Wildman–Crippen LogP) is 4.78. The highest BCUT2D eigenvalue weighted by molar-refractivity contribution is 4.88. The summed E-state index contributed by atoms with van der Waals surface area (Å²) in [5.74, 6) is 5.35. The standard InChI is InChI=1S/C19H33NO2/c1-4-7-8-9-10-11-12-13-14-15-16-20-19(21-17-5-2)22-18-6-3/h19-20H,4,7-16H2,1-3H3. The molecule has 0 rings (SSSR count). The second-order valence-corrected chi connectivity index (χ2v) is 5.41. The molecule has 0 atom stereocenters. The van der Waals surface area contributed by atoms with E-state index in [2.05, 4.69) is 36.3 Å². The lowest BCUT2D eigenvalue weighted by Crippen LogP contribution is -2.32. The van der Waals surface area contributed by atoms with E-state index in [9.17, 15) is 0 Å². The van der Waals surface area contributed by atoms with Gasteiger partial charge in [-0.25, -0.2) is 5.32 Å². The molecule has 3 nitrogen and oxygen atoms in total. The van der Waals surface area contributed by atoms with Gasteiger partial charge in [0.25, 0.3) is 0 Å². The van der Waals surface area contributed by atoms with E-state index in [1.54, 1.807) is 13.8 Å². The molecule has 0 amide bonds. The minimum Gasteiger partial charge on any atom is -0.389 e. The molecular formula is C19H33NO2. The maximum absolute atomic E-state index is 5.19. The molecule has 3 heteroatoms. The van der Waals surface area contributed by atoms with Crippen molar-refractivity contribution in [1.82, 2.24) is 5.32 Å². The Morgan fingerprint density at radius 3 is 1.64 bits per heavy atom. The van der Waals surface area contributed by atoms with Crippen molar-refractivity contribution in [1.29, 1.82) is 0 Å². The highest BCUT2D eigenvalue weighted by atomic mass is 16.7. The van der Waals surface area contributed by atoms with Gasteiger partial charge in [0.15, 0.2) is 0 Å². The molecule has 0 bridgehead atoms. The minimum atomic E-state index is -0.557. The summed E-state index contributed by atoms with van der Waals surface area (Å²) in [4.78, 5) is 0. The summed E-state index contributed by atoms with van der Waals surface area (Å²) < 4.78 is 10.4. The Morgan fingerprint density at radius 1 is 0.727 bits per heavy atom. The van der Waals surface area contributed by atoms with Crippen LogP contribution < -0.4 is 5.32 Å². The zero-order valence-electron chi connectivity index (χ0n) is 14.7. The molecule has 0 radical (unpaired) electrons. The van der Waals surface area contributed by atoms with Crippen LogP contribution in [-0.2, 0) is 9.47 Å². The smallest absolute Gasteiger partial charge is 0.320 e. The summed E-state index contributed by atoms with van der Waals surface area (Å²) >= 11 is 0. The molecule has 0 heterocycles. The predicted molar refractivity (Wildman–Crippen MR) is 92.7 cm³/mol. The van der Waals surface area contributed by atoms with Crippen molar-refractivity contribution in [2.24, 2.45) is 0 Å². The second-order valence-electron chi connectivity index (χ2n) is 5.41. The second kappa shape index (κ2) is 17.7. The SMILES string of the molecule is CC#COC(NCCCCCCCCCCCC)OC#CC. The first-order chi connectivity index (χ1) is 10.8. The Bertz CT molecular complexity index is 324. The minimum absolute atomic E-state index is 0.557. The molecule has 0 aromatic carbocycles. The van der Waals surface area contributed by atoms with E-state index in [1.807, 2.05) is 0 Å². The number of nitrogens with one attached hydrogen (secondary N) is 1. The van der Waals surface area contributed by atoms with Gasteiger partial charge in [0.1, 0.15) is 12.2 Å². The monoisotopic (exact) mass is 307 g/mol. The van der Waals surface area contributed by atoms with Crippen molar-refractivity contribution in [3.8, 4) is 24.1 Å². The third kappa shape index (κ3) is 15.1. The van der Waals surface area contributed by atoms with Crippen LogP contribution in [0.4, 0.5) is 0 Å². The van der Waals surface area contributed by atoms with Crippen molar-refractivity contribution in [2.75, 3.05) is 6.54 Å². The van der Waals surface area contributed by atoms with Crippen LogP contribution in [0.15, 0.2) is 0 Å². The maximum atomic E-state index is 5.19. The average Bonchev–Trinajstić information content (AvgIpc) is 2.54. The molecular weight excluding hydrogens is 274 g/mol. The molecule has 0 spiro atoms. The van der Waals surface area contributed by atoms with Crippen LogP contribution in [0, 0.1) is 24.1 Å². The van der Waals surface area contributed by atoms with Crippen molar-refractivity contribution in [3.63, 3.8) is 0 Å². The number of hydrogen-bond donors (Lipinski definition) is 1. The Kier molecular flexibility index (Phi) is 16.7. The summed E-state index contributed by atoms with van der Waals surface area (Å²) in [6.45, 7) is 6.58. The van der Waals surface area contributed by atoms with Crippen LogP contribution >= 0.6 is 0 Å². The zero-order chi connectivity index (χ0) is 16.3. The molecule has 0 unspecified atom stereocenters. The van der Waals surface area contributed by atoms with Gasteiger partial charge in [-0.05, 0) is 6.42 Å². The molecule has 1 N–H and O–H groups in total. The average molecular weight is 307 g/mol. The molecule has 0 fully saturated rings. The largest absolute Gasteiger partial charge is 0.389 e. The lowest BCUT2D eigenvalue weighted by atomic mass is 10.1. The molecule has 0 aliphatic carbocycles. The maximum Gasteiger partial charge on any atom is 0.320 e. The zero-order valence-corrected chi connectivity index (χ0v) is 14.7. The van der Waals surface area contributed by atoms with E-state index >= 15 is 0 Å². The molecule has 0 aromatic rings. The van der Waals surface area contributed by atoms with Gasteiger partial charge in [-0.2, -0.15) is 0 Å². The number of hydrogen-bond acceptors (Lipinski definition) is 3. The van der Waals surface area contributed by atoms with Crippen LogP contribution in [0.3, 0.4) is 0 Å². The van der Waals surface area contributed by atoms with Crippen LogP contribution in [-0.4, -0.2) is 13.0 Å². The molecule has 22 heavy (non-hydrogen) atoms. The molecule has 126 valence electrons. The number of rotatable bonds is 14. The van der Waals surface area contributed by atoms with Gasteiger partial charge in [-0.3, -0.25) is 0 Å². The normalized spacial score (nSPS) is 9.64. The van der Waals surface area contributed by atoms with Crippen LogP contribution in [0.2, 0.25) is 0 Å². The van der Waals surface area contributed by atoms with Crippen LogP contribution in [0.25, 0.3) is 0 Å². The van der Waals surface area contributed by atoms with E-state index in [4.69, 9.17) is 9.47 Å². The first kappa shape index (κ1) is 20.7. The van der Waals surface area contributed by atoms with Gasteiger partial charge in [-0.15, -0.1) is 0 Å². The summed E-state index contributed by atoms with van der Waals surface area (Å²) in [6.07, 6.45) is 17.9. The summed E-state index contributed by atoms with van der Waals surface area (Å²) in [7, 11) is 0. The van der Waals surface area contributed by atoms with Gasteiger partial charge in [0.2, 0.25) is 0 Å². The van der Waals surface area contributed by atoms with Gasteiger partial charge < -0.3 is 9.47 Å². The van der Waals surface area contributed by atoms with Gasteiger partial charge in [-0.1, -0.05) is 76.6 Å². The molecule has 0 aromatic heterocycles. The Labute approximate surface area is 137 Å². The van der Waals surface area contributed by atoms with Crippen LogP contribution in [0.1, 0.15) is 85.0 Å². The van der Waals surface area contributed by atoms with Crippen molar-refractivity contribution < 1.29 is 9.47 Å². The van der Waals surface area contributed by atoms with E-state index in [1.165, 1.54) is 57.8 Å². The summed E-state index contributed by atoms with van der Waals surface area (Å²) in [5, 5.41) is 3.17. The fraction of sp³-hybridized carbons (Fsp3) is 0.789. The van der Waals surface area contributed by atoms with E-state index in [0.29, 0.717) is 0 Å². The Hall–Kier alpha value is -1.32. The van der Waals surface area contributed by atoms with Crippen LogP contribution in [0.5, 0.6) is 0 Å². The van der Waals surface area contributed by atoms with E-state index in [0.717, 1.165) is 13.0 Å². The van der Waals surface area contributed by atoms with Crippen molar-refractivity contribution in [3.05, 3.63) is 0 Å². The summed E-state index contributed by atoms with van der Waals surface area (Å²) in [6, 6.07) is 0. The number of ether oxygens (including phenoxy) is 2. The van der Waals surface area contributed by atoms with Gasteiger partial charge >= 0.3 is 6.41 Å². The fourth-order valence-corrected chi connectivity index (χ4v) is 2.16. The fourth-order valence-electron chi connectivity index (χ4n) is 2.16. The molecule has 0 aliphatic rings. The third-order valence-electron chi connectivity index (χ3n) is 3.38. The first-order valence-corrected chi connectivity index (χ1v) is 8.73. The van der Waals surface area contributed by atoms with Crippen molar-refractivity contribution in [2.45, 2.75) is 91.4 Å². The Balaban J connectivity index is 3.43. The quantitative estimate of drug-likeness (QED) is 0.285. The van der Waals surface area contributed by atoms with E-state index in [-0.39, 0.29) is 0 Å². The van der Waals surface area contributed by atoms with Gasteiger partial charge in [0, 0.05) is 20.4 Å². The summed E-state index contributed by atoms with van der Waals surface area (Å²) in [5.41, 5.74) is 0. The molecule has 0 saturated carbocycles.